The van der Waals surface area contributed by atoms with Gasteiger partial charge in [0, 0.05) is 6.20 Å². The third-order valence-electron chi connectivity index (χ3n) is 2.92. The van der Waals surface area contributed by atoms with Gasteiger partial charge in [-0.25, -0.2) is 4.98 Å². The highest BCUT2D eigenvalue weighted by atomic mass is 19.1. The van der Waals surface area contributed by atoms with Crippen molar-refractivity contribution in [3.8, 4) is 0 Å². The first-order valence-electron chi connectivity index (χ1n) is 5.33. The fraction of sp³-hybridized carbons (Fsp3) is 0.545. The molecule has 0 bridgehead atoms. The van der Waals surface area contributed by atoms with E-state index in [1.54, 1.807) is 27.7 Å². The van der Waals surface area contributed by atoms with Crippen LogP contribution in [-0.2, 0) is 4.65 Å². The van der Waals surface area contributed by atoms with Crippen molar-refractivity contribution < 1.29 is 19.2 Å². The maximum atomic E-state index is 12.9. The number of aromatic nitrogens is 1. The Kier molecular flexibility index (Phi) is 3.91. The Labute approximate surface area is 101 Å². The van der Waals surface area contributed by atoms with Gasteiger partial charge in [-0.05, 0) is 45.3 Å². The fourth-order valence-electron chi connectivity index (χ4n) is 1.06. The zero-order valence-electron chi connectivity index (χ0n) is 10.4. The number of hydrogen-bond donors (Lipinski definition) is 2. The predicted octanol–water partition coefficient (Wildman–Crippen LogP) is 0.474. The summed E-state index contributed by atoms with van der Waals surface area (Å²) in [5.74, 6) is -0.689. The van der Waals surface area contributed by atoms with Crippen LogP contribution >= 0.6 is 0 Å². The van der Waals surface area contributed by atoms with Crippen LogP contribution in [0.15, 0.2) is 18.3 Å². The number of hydrogen-bond acceptors (Lipinski definition) is 4. The van der Waals surface area contributed by atoms with Crippen molar-refractivity contribution in [3.63, 3.8) is 0 Å². The monoisotopic (exact) mass is 241 g/mol. The van der Waals surface area contributed by atoms with Crippen LogP contribution in [-0.4, -0.2) is 33.4 Å². The maximum absolute atomic E-state index is 12.9. The molecule has 0 aliphatic carbocycles. The standard InChI is InChI=1S/C11H17BFNO3/c1-10(2,15)11(3,4)17-12(16)8-5-6-14-9(13)7-8/h5-7,15-16H,1-4H3. The molecule has 2 N–H and O–H groups in total. The number of nitrogens with zero attached hydrogens (tertiary/aromatic N) is 1. The van der Waals surface area contributed by atoms with Gasteiger partial charge in [-0.15, -0.1) is 0 Å². The molecule has 0 unspecified atom stereocenters. The molecule has 0 aromatic carbocycles. The lowest BCUT2D eigenvalue weighted by Crippen LogP contribution is -2.53. The largest absolute Gasteiger partial charge is 0.491 e. The second-order valence-electron chi connectivity index (χ2n) is 4.95. The Morgan fingerprint density at radius 1 is 1.35 bits per heavy atom. The van der Waals surface area contributed by atoms with E-state index in [0.717, 1.165) is 6.07 Å². The van der Waals surface area contributed by atoms with E-state index < -0.39 is 24.3 Å². The van der Waals surface area contributed by atoms with Gasteiger partial charge in [0.2, 0.25) is 5.95 Å². The average Bonchev–Trinajstić information content (AvgIpc) is 2.15. The van der Waals surface area contributed by atoms with Gasteiger partial charge in [0.05, 0.1) is 11.2 Å². The SMILES string of the molecule is CC(C)(O)C(C)(C)OB(O)c1ccnc(F)c1. The van der Waals surface area contributed by atoms with E-state index in [4.69, 9.17) is 4.65 Å². The molecule has 0 saturated carbocycles. The highest BCUT2D eigenvalue weighted by Gasteiger charge is 2.39. The van der Waals surface area contributed by atoms with Gasteiger partial charge >= 0.3 is 7.12 Å². The summed E-state index contributed by atoms with van der Waals surface area (Å²) in [7, 11) is -1.31. The lowest BCUT2D eigenvalue weighted by Gasteiger charge is -2.38. The van der Waals surface area contributed by atoms with Crippen molar-refractivity contribution in [1.29, 1.82) is 0 Å². The minimum atomic E-state index is -1.31. The summed E-state index contributed by atoms with van der Waals surface area (Å²) in [6.07, 6.45) is 1.24. The van der Waals surface area contributed by atoms with E-state index in [1.807, 2.05) is 0 Å². The molecule has 94 valence electrons. The molecule has 0 atom stereocenters. The minimum Gasteiger partial charge on any atom is -0.423 e. The third-order valence-corrected chi connectivity index (χ3v) is 2.92. The van der Waals surface area contributed by atoms with E-state index in [-0.39, 0.29) is 5.46 Å². The predicted molar refractivity (Wildman–Crippen MR) is 63.3 cm³/mol. The summed E-state index contributed by atoms with van der Waals surface area (Å²) in [6, 6.07) is 2.54. The molecule has 0 saturated heterocycles. The quantitative estimate of drug-likeness (QED) is 0.594. The first-order valence-corrected chi connectivity index (χ1v) is 5.33. The maximum Gasteiger partial charge on any atom is 0.491 e. The van der Waals surface area contributed by atoms with Crippen molar-refractivity contribution in [2.75, 3.05) is 0 Å². The Bertz CT molecular complexity index is 393. The van der Waals surface area contributed by atoms with Crippen molar-refractivity contribution >= 4 is 12.6 Å². The van der Waals surface area contributed by atoms with Crippen molar-refractivity contribution in [2.45, 2.75) is 38.9 Å². The van der Waals surface area contributed by atoms with E-state index in [1.165, 1.54) is 12.3 Å². The lowest BCUT2D eigenvalue weighted by molar-refractivity contribution is -0.0982. The number of aliphatic hydroxyl groups is 1. The second-order valence-corrected chi connectivity index (χ2v) is 4.95. The molecule has 1 heterocycles. The molecule has 6 heteroatoms. The van der Waals surface area contributed by atoms with Crippen LogP contribution in [0, 0.1) is 5.95 Å². The topological polar surface area (TPSA) is 62.6 Å². The van der Waals surface area contributed by atoms with Crippen molar-refractivity contribution in [2.24, 2.45) is 0 Å². The molecular weight excluding hydrogens is 224 g/mol. The molecule has 1 aromatic heterocycles. The Morgan fingerprint density at radius 2 is 1.94 bits per heavy atom. The lowest BCUT2D eigenvalue weighted by atomic mass is 9.77. The summed E-state index contributed by atoms with van der Waals surface area (Å²) < 4.78 is 18.2. The molecule has 0 radical (unpaired) electrons. The summed E-state index contributed by atoms with van der Waals surface area (Å²) in [5.41, 5.74) is -1.86. The third kappa shape index (κ3) is 3.49. The molecule has 0 aliphatic heterocycles. The summed E-state index contributed by atoms with van der Waals surface area (Å²) in [5, 5.41) is 19.7. The zero-order chi connectivity index (χ0) is 13.3. The molecule has 0 amide bonds. The molecule has 1 aromatic rings. The van der Waals surface area contributed by atoms with Crippen LogP contribution < -0.4 is 5.46 Å². The number of rotatable bonds is 4. The van der Waals surface area contributed by atoms with Crippen LogP contribution in [0.1, 0.15) is 27.7 Å². The zero-order valence-corrected chi connectivity index (χ0v) is 10.4. The molecule has 0 aliphatic rings. The van der Waals surface area contributed by atoms with Crippen LogP contribution in [0.25, 0.3) is 0 Å². The van der Waals surface area contributed by atoms with Crippen molar-refractivity contribution in [3.05, 3.63) is 24.3 Å². The van der Waals surface area contributed by atoms with Crippen LogP contribution in [0.4, 0.5) is 4.39 Å². The highest BCUT2D eigenvalue weighted by molar-refractivity contribution is 6.60. The fourth-order valence-corrected chi connectivity index (χ4v) is 1.06. The van der Waals surface area contributed by atoms with Crippen LogP contribution in [0.2, 0.25) is 0 Å². The number of pyridine rings is 1. The molecule has 1 rings (SSSR count). The van der Waals surface area contributed by atoms with Gasteiger partial charge < -0.3 is 14.8 Å². The Hall–Kier alpha value is -0.975. The van der Waals surface area contributed by atoms with Crippen molar-refractivity contribution in [1.82, 2.24) is 4.98 Å². The van der Waals surface area contributed by atoms with Crippen LogP contribution in [0.3, 0.4) is 0 Å². The van der Waals surface area contributed by atoms with Gasteiger partial charge in [-0.1, -0.05) is 0 Å². The average molecular weight is 241 g/mol. The van der Waals surface area contributed by atoms with Gasteiger partial charge in [-0.2, -0.15) is 4.39 Å². The first-order chi connectivity index (χ1) is 7.63. The highest BCUT2D eigenvalue weighted by Crippen LogP contribution is 2.25. The normalized spacial score (nSPS) is 12.6. The molecule has 0 fully saturated rings. The van der Waals surface area contributed by atoms with E-state index in [0.29, 0.717) is 0 Å². The summed E-state index contributed by atoms with van der Waals surface area (Å²) in [6.45, 7) is 6.45. The van der Waals surface area contributed by atoms with Crippen LogP contribution in [0.5, 0.6) is 0 Å². The van der Waals surface area contributed by atoms with E-state index in [2.05, 4.69) is 4.98 Å². The molecular formula is C11H17BFNO3. The van der Waals surface area contributed by atoms with Gasteiger partial charge in [0.15, 0.2) is 0 Å². The summed E-state index contributed by atoms with van der Waals surface area (Å²) >= 11 is 0. The van der Waals surface area contributed by atoms with Gasteiger partial charge in [-0.3, -0.25) is 0 Å². The minimum absolute atomic E-state index is 0.259. The smallest absolute Gasteiger partial charge is 0.423 e. The van der Waals surface area contributed by atoms with Gasteiger partial charge in [0.25, 0.3) is 0 Å². The first kappa shape index (κ1) is 14.1. The molecule has 0 spiro atoms. The molecule has 4 nitrogen and oxygen atoms in total. The number of halogens is 1. The second kappa shape index (κ2) is 4.72. The Morgan fingerprint density at radius 3 is 2.41 bits per heavy atom. The van der Waals surface area contributed by atoms with E-state index in [9.17, 15) is 14.5 Å². The molecule has 17 heavy (non-hydrogen) atoms. The Balaban J connectivity index is 2.83. The summed E-state index contributed by atoms with van der Waals surface area (Å²) in [4.78, 5) is 3.38. The van der Waals surface area contributed by atoms with E-state index >= 15 is 0 Å². The van der Waals surface area contributed by atoms with Gasteiger partial charge in [0.1, 0.15) is 0 Å².